The van der Waals surface area contributed by atoms with Crippen LogP contribution in [0, 0.1) is 0 Å². The highest BCUT2D eigenvalue weighted by molar-refractivity contribution is 6.09. The molecule has 11 heteroatoms. The molecule has 1 saturated heterocycles. The Morgan fingerprint density at radius 3 is 2.46 bits per heavy atom. The fourth-order valence-corrected chi connectivity index (χ4v) is 4.36. The lowest BCUT2D eigenvalue weighted by atomic mass is 10.2. The van der Waals surface area contributed by atoms with E-state index in [2.05, 4.69) is 10.6 Å². The molecule has 2 heterocycles. The van der Waals surface area contributed by atoms with Crippen molar-refractivity contribution in [1.29, 1.82) is 0 Å². The number of benzene rings is 2. The van der Waals surface area contributed by atoms with Crippen molar-refractivity contribution in [3.05, 3.63) is 60.2 Å². The van der Waals surface area contributed by atoms with Crippen molar-refractivity contribution in [1.82, 2.24) is 10.6 Å². The lowest BCUT2D eigenvalue weighted by Gasteiger charge is -2.26. The van der Waals surface area contributed by atoms with Gasteiger partial charge in [-0.3, -0.25) is 24.1 Å². The number of rotatable bonds is 9. The number of likely N-dealkylation sites (N-methyl/N-ethyl adjacent to an activating group) is 1. The normalized spacial score (nSPS) is 21.3. The number of methoxy groups -OCH3 is 1. The first kappa shape index (κ1) is 26.3. The van der Waals surface area contributed by atoms with Gasteiger partial charge in [-0.25, -0.2) is 0 Å². The van der Waals surface area contributed by atoms with Crippen molar-refractivity contribution in [2.75, 3.05) is 43.7 Å². The summed E-state index contributed by atoms with van der Waals surface area (Å²) in [4.78, 5) is 54.1. The minimum Gasteiger partial charge on any atom is -0.433 e. The van der Waals surface area contributed by atoms with Crippen molar-refractivity contribution >= 4 is 35.1 Å². The summed E-state index contributed by atoms with van der Waals surface area (Å²) in [6, 6.07) is 14.8. The summed E-state index contributed by atoms with van der Waals surface area (Å²) in [5.74, 6) is -1.66. The van der Waals surface area contributed by atoms with E-state index < -0.39 is 30.3 Å². The molecule has 2 N–H and O–H groups in total. The number of hydrogen-bond acceptors (Lipinski definition) is 8. The van der Waals surface area contributed by atoms with Gasteiger partial charge in [0, 0.05) is 7.11 Å². The Morgan fingerprint density at radius 2 is 1.76 bits per heavy atom. The Labute approximate surface area is 214 Å². The molecule has 3 amide bonds. The highest BCUT2D eigenvalue weighted by atomic mass is 16.7. The summed E-state index contributed by atoms with van der Waals surface area (Å²) in [6.45, 7) is -0.193. The maximum atomic E-state index is 13.4. The number of nitrogens with one attached hydrogen (secondary N) is 2. The van der Waals surface area contributed by atoms with E-state index in [-0.39, 0.29) is 44.5 Å². The molecule has 2 aliphatic heterocycles. The Kier molecular flexibility index (Phi) is 8.49. The maximum absolute atomic E-state index is 13.4. The quantitative estimate of drug-likeness (QED) is 0.469. The van der Waals surface area contributed by atoms with Crippen molar-refractivity contribution in [3.8, 4) is 0 Å². The SMILES string of the molecule is CN[C@H]1CN(C(=O)COC)c2ccccc2N(CC(=O)N[C@H]2CC(=O)OC2OCc2ccccc2)C1=O. The number of nitrogens with zero attached hydrogens (tertiary/aromatic N) is 2. The van der Waals surface area contributed by atoms with Gasteiger partial charge in [-0.1, -0.05) is 42.5 Å². The second kappa shape index (κ2) is 12.0. The van der Waals surface area contributed by atoms with E-state index in [9.17, 15) is 19.2 Å². The minimum atomic E-state index is -0.948. The Morgan fingerprint density at radius 1 is 1.05 bits per heavy atom. The fourth-order valence-electron chi connectivity index (χ4n) is 4.36. The zero-order valence-electron chi connectivity index (χ0n) is 20.7. The predicted octanol–water partition coefficient (Wildman–Crippen LogP) is 0.575. The molecular weight excluding hydrogens is 480 g/mol. The summed E-state index contributed by atoms with van der Waals surface area (Å²) in [7, 11) is 3.04. The molecule has 2 aromatic carbocycles. The van der Waals surface area contributed by atoms with Crippen LogP contribution in [0.15, 0.2) is 54.6 Å². The van der Waals surface area contributed by atoms with Crippen LogP contribution in [0.25, 0.3) is 0 Å². The number of cyclic esters (lactones) is 1. The zero-order valence-corrected chi connectivity index (χ0v) is 20.7. The predicted molar refractivity (Wildman–Crippen MR) is 134 cm³/mol. The number of esters is 1. The third-order valence-corrected chi connectivity index (χ3v) is 6.18. The molecule has 3 atom stereocenters. The van der Waals surface area contributed by atoms with Gasteiger partial charge in [-0.2, -0.15) is 0 Å². The summed E-state index contributed by atoms with van der Waals surface area (Å²) >= 11 is 0. The third kappa shape index (κ3) is 6.13. The second-order valence-electron chi connectivity index (χ2n) is 8.72. The lowest BCUT2D eigenvalue weighted by molar-refractivity contribution is -0.168. The van der Waals surface area contributed by atoms with Crippen LogP contribution >= 0.6 is 0 Å². The number of amides is 3. The smallest absolute Gasteiger partial charge is 0.310 e. The Balaban J connectivity index is 1.50. The molecule has 0 bridgehead atoms. The summed E-state index contributed by atoms with van der Waals surface area (Å²) in [5.41, 5.74) is 1.81. The van der Waals surface area contributed by atoms with E-state index in [4.69, 9.17) is 14.2 Å². The van der Waals surface area contributed by atoms with E-state index >= 15 is 0 Å². The first-order chi connectivity index (χ1) is 17.9. The standard InChI is InChI=1S/C26H30N4O7/c1-27-19-13-29(23(32)16-35-2)20-10-6-7-11-21(20)30(25(19)34)14-22(31)28-18-12-24(33)37-26(18)36-15-17-8-4-3-5-9-17/h3-11,18-19,26-27H,12-16H2,1-2H3,(H,28,31)/t18-,19-,26?/m0/s1. The van der Waals surface area contributed by atoms with Gasteiger partial charge in [0.2, 0.25) is 18.1 Å². The van der Waals surface area contributed by atoms with Crippen LogP contribution < -0.4 is 20.4 Å². The largest absolute Gasteiger partial charge is 0.433 e. The van der Waals surface area contributed by atoms with Gasteiger partial charge in [-0.15, -0.1) is 0 Å². The van der Waals surface area contributed by atoms with Crippen LogP contribution in [-0.4, -0.2) is 75.9 Å². The Bertz CT molecular complexity index is 1140. The average Bonchev–Trinajstić information content (AvgIpc) is 3.20. The molecule has 0 radical (unpaired) electrons. The number of carbonyl (C=O) groups excluding carboxylic acids is 4. The van der Waals surface area contributed by atoms with Crippen LogP contribution in [-0.2, 0) is 40.0 Å². The molecule has 1 fully saturated rings. The van der Waals surface area contributed by atoms with Gasteiger partial charge in [0.05, 0.1) is 30.9 Å². The Hall–Kier alpha value is -3.80. The molecule has 0 saturated carbocycles. The van der Waals surface area contributed by atoms with E-state index in [1.54, 1.807) is 31.3 Å². The van der Waals surface area contributed by atoms with E-state index in [1.807, 2.05) is 30.3 Å². The van der Waals surface area contributed by atoms with Crippen LogP contribution in [0.1, 0.15) is 12.0 Å². The molecule has 37 heavy (non-hydrogen) atoms. The lowest BCUT2D eigenvalue weighted by Crippen LogP contribution is -2.53. The second-order valence-corrected chi connectivity index (χ2v) is 8.72. The third-order valence-electron chi connectivity index (χ3n) is 6.18. The fraction of sp³-hybridized carbons (Fsp3) is 0.385. The van der Waals surface area contributed by atoms with Crippen LogP contribution in [0.3, 0.4) is 0 Å². The molecule has 196 valence electrons. The topological polar surface area (TPSA) is 127 Å². The highest BCUT2D eigenvalue weighted by Crippen LogP contribution is 2.33. The van der Waals surface area contributed by atoms with Crippen molar-refractivity contribution < 1.29 is 33.4 Å². The number of hydrogen-bond donors (Lipinski definition) is 2. The summed E-state index contributed by atoms with van der Waals surface area (Å²) in [5, 5.41) is 5.71. The molecule has 2 aromatic rings. The maximum Gasteiger partial charge on any atom is 0.310 e. The van der Waals surface area contributed by atoms with Gasteiger partial charge >= 0.3 is 5.97 Å². The van der Waals surface area contributed by atoms with Crippen LogP contribution in [0.5, 0.6) is 0 Å². The highest BCUT2D eigenvalue weighted by Gasteiger charge is 2.39. The minimum absolute atomic E-state index is 0.0475. The number of carbonyl (C=O) groups is 4. The molecule has 1 unspecified atom stereocenters. The summed E-state index contributed by atoms with van der Waals surface area (Å²) < 4.78 is 16.0. The number of fused-ring (bicyclic) bond motifs is 1. The van der Waals surface area contributed by atoms with Crippen LogP contribution in [0.2, 0.25) is 0 Å². The average molecular weight is 511 g/mol. The first-order valence-corrected chi connectivity index (χ1v) is 11.9. The summed E-state index contributed by atoms with van der Waals surface area (Å²) in [6.07, 6.45) is -0.996. The number of ether oxygens (including phenoxy) is 3. The molecule has 0 aromatic heterocycles. The first-order valence-electron chi connectivity index (χ1n) is 11.9. The van der Waals surface area contributed by atoms with Crippen molar-refractivity contribution in [2.45, 2.75) is 31.4 Å². The van der Waals surface area contributed by atoms with Gasteiger partial charge < -0.3 is 29.7 Å². The van der Waals surface area contributed by atoms with Gasteiger partial charge in [0.25, 0.3) is 5.91 Å². The monoisotopic (exact) mass is 510 g/mol. The van der Waals surface area contributed by atoms with Gasteiger partial charge in [-0.05, 0) is 24.7 Å². The molecule has 2 aliphatic rings. The molecule has 11 nitrogen and oxygen atoms in total. The van der Waals surface area contributed by atoms with Crippen molar-refractivity contribution in [3.63, 3.8) is 0 Å². The van der Waals surface area contributed by atoms with Gasteiger partial charge in [0.15, 0.2) is 0 Å². The number of anilines is 2. The van der Waals surface area contributed by atoms with Crippen LogP contribution in [0.4, 0.5) is 11.4 Å². The zero-order chi connectivity index (χ0) is 26.4. The van der Waals surface area contributed by atoms with Gasteiger partial charge in [0.1, 0.15) is 25.2 Å². The van der Waals surface area contributed by atoms with Crippen molar-refractivity contribution in [2.24, 2.45) is 0 Å². The van der Waals surface area contributed by atoms with E-state index in [0.29, 0.717) is 11.4 Å². The molecule has 4 rings (SSSR count). The van der Waals surface area contributed by atoms with E-state index in [0.717, 1.165) is 5.56 Å². The molecular formula is C26H30N4O7. The number of para-hydroxylation sites is 2. The van der Waals surface area contributed by atoms with E-state index in [1.165, 1.54) is 16.9 Å². The molecule has 0 spiro atoms. The molecule has 0 aliphatic carbocycles.